The summed E-state index contributed by atoms with van der Waals surface area (Å²) in [7, 11) is 5.00. The van der Waals surface area contributed by atoms with E-state index in [1.165, 1.54) is 0 Å². The maximum atomic E-state index is 12.2. The highest BCUT2D eigenvalue weighted by atomic mass is 16.5. The Labute approximate surface area is 114 Å². The van der Waals surface area contributed by atoms with E-state index in [9.17, 15) is 4.79 Å². The van der Waals surface area contributed by atoms with Crippen LogP contribution in [0.4, 0.5) is 5.69 Å². The lowest BCUT2D eigenvalue weighted by atomic mass is 10.1. The number of anilines is 1. The Kier molecular flexibility index (Phi) is 6.32. The van der Waals surface area contributed by atoms with Crippen molar-refractivity contribution in [2.75, 3.05) is 39.7 Å². The second-order valence-corrected chi connectivity index (χ2v) is 4.32. The number of ether oxygens (including phenoxy) is 2. The van der Waals surface area contributed by atoms with Crippen LogP contribution >= 0.6 is 0 Å². The van der Waals surface area contributed by atoms with Gasteiger partial charge in [-0.2, -0.15) is 0 Å². The number of benzene rings is 1. The zero-order valence-corrected chi connectivity index (χ0v) is 11.9. The van der Waals surface area contributed by atoms with E-state index in [2.05, 4.69) is 10.6 Å². The molecule has 19 heavy (non-hydrogen) atoms. The van der Waals surface area contributed by atoms with Gasteiger partial charge in [0.05, 0.1) is 18.3 Å². The van der Waals surface area contributed by atoms with Crippen LogP contribution in [0.25, 0.3) is 0 Å². The molecule has 0 aromatic heterocycles. The van der Waals surface area contributed by atoms with Gasteiger partial charge in [0, 0.05) is 33.5 Å². The van der Waals surface area contributed by atoms with E-state index in [1.807, 2.05) is 25.1 Å². The normalized spacial score (nSPS) is 12.0. The molecule has 1 unspecified atom stereocenters. The Balaban J connectivity index is 2.69. The highest BCUT2D eigenvalue weighted by Gasteiger charge is 2.13. The molecule has 1 atom stereocenters. The molecule has 0 bridgehead atoms. The first-order chi connectivity index (χ1) is 9.12. The summed E-state index contributed by atoms with van der Waals surface area (Å²) >= 11 is 0. The van der Waals surface area contributed by atoms with Crippen LogP contribution in [0.5, 0.6) is 0 Å². The Morgan fingerprint density at radius 1 is 1.37 bits per heavy atom. The lowest BCUT2D eigenvalue weighted by Gasteiger charge is -2.16. The Bertz CT molecular complexity index is 421. The fourth-order valence-corrected chi connectivity index (χ4v) is 1.76. The summed E-state index contributed by atoms with van der Waals surface area (Å²) in [6.07, 6.45) is -0.142. The molecule has 0 aliphatic carbocycles. The molecule has 1 rings (SSSR count). The quantitative estimate of drug-likeness (QED) is 0.784. The first-order valence-electron chi connectivity index (χ1n) is 6.20. The van der Waals surface area contributed by atoms with E-state index in [0.29, 0.717) is 18.7 Å². The lowest BCUT2D eigenvalue weighted by molar-refractivity contribution is 0.0285. The summed E-state index contributed by atoms with van der Waals surface area (Å²) < 4.78 is 10.2. The van der Waals surface area contributed by atoms with E-state index in [4.69, 9.17) is 9.47 Å². The molecule has 0 fully saturated rings. The van der Waals surface area contributed by atoms with Crippen LogP contribution in [0, 0.1) is 6.92 Å². The fraction of sp³-hybridized carbons (Fsp3) is 0.500. The van der Waals surface area contributed by atoms with Gasteiger partial charge >= 0.3 is 0 Å². The average Bonchev–Trinajstić information content (AvgIpc) is 2.43. The van der Waals surface area contributed by atoms with Gasteiger partial charge in [0.15, 0.2) is 0 Å². The van der Waals surface area contributed by atoms with Gasteiger partial charge in [0.2, 0.25) is 0 Å². The van der Waals surface area contributed by atoms with Gasteiger partial charge in [0.1, 0.15) is 0 Å². The molecule has 0 heterocycles. The van der Waals surface area contributed by atoms with E-state index in [1.54, 1.807) is 21.3 Å². The zero-order chi connectivity index (χ0) is 14.3. The van der Waals surface area contributed by atoms with E-state index < -0.39 is 0 Å². The third-order valence-electron chi connectivity index (χ3n) is 2.87. The van der Waals surface area contributed by atoms with Crippen molar-refractivity contribution in [2.45, 2.75) is 13.0 Å². The van der Waals surface area contributed by atoms with Crippen molar-refractivity contribution < 1.29 is 14.3 Å². The maximum absolute atomic E-state index is 12.2. The van der Waals surface area contributed by atoms with Crippen LogP contribution in [-0.2, 0) is 9.47 Å². The molecule has 2 N–H and O–H groups in total. The first-order valence-corrected chi connectivity index (χ1v) is 6.20. The molecule has 1 aromatic rings. The molecule has 0 spiro atoms. The van der Waals surface area contributed by atoms with Crippen LogP contribution < -0.4 is 10.6 Å². The monoisotopic (exact) mass is 266 g/mol. The smallest absolute Gasteiger partial charge is 0.253 e. The van der Waals surface area contributed by atoms with Crippen molar-refractivity contribution in [1.82, 2.24) is 5.32 Å². The third kappa shape index (κ3) is 4.54. The topological polar surface area (TPSA) is 59.6 Å². The summed E-state index contributed by atoms with van der Waals surface area (Å²) in [6.45, 7) is 2.82. The summed E-state index contributed by atoms with van der Waals surface area (Å²) in [6, 6.07) is 5.72. The van der Waals surface area contributed by atoms with Crippen LogP contribution in [0.1, 0.15) is 15.9 Å². The molecule has 0 radical (unpaired) electrons. The van der Waals surface area contributed by atoms with Gasteiger partial charge in [-0.05, 0) is 19.1 Å². The van der Waals surface area contributed by atoms with Gasteiger partial charge in [-0.25, -0.2) is 0 Å². The highest BCUT2D eigenvalue weighted by Crippen LogP contribution is 2.16. The minimum absolute atomic E-state index is 0.119. The van der Waals surface area contributed by atoms with Crippen LogP contribution in [-0.4, -0.2) is 46.4 Å². The molecule has 1 amide bonds. The largest absolute Gasteiger partial charge is 0.387 e. The average molecular weight is 266 g/mol. The third-order valence-corrected chi connectivity index (χ3v) is 2.87. The van der Waals surface area contributed by atoms with Crippen molar-refractivity contribution in [3.63, 3.8) is 0 Å². The first kappa shape index (κ1) is 15.5. The summed E-state index contributed by atoms with van der Waals surface area (Å²) in [5.74, 6) is -0.119. The Morgan fingerprint density at radius 2 is 2.11 bits per heavy atom. The predicted molar refractivity (Wildman–Crippen MR) is 75.7 cm³/mol. The molecule has 1 aromatic carbocycles. The number of hydrogen-bond acceptors (Lipinski definition) is 4. The summed E-state index contributed by atoms with van der Waals surface area (Å²) in [4.78, 5) is 12.2. The number of aryl methyl sites for hydroxylation is 1. The van der Waals surface area contributed by atoms with Crippen molar-refractivity contribution in [2.24, 2.45) is 0 Å². The zero-order valence-electron chi connectivity index (χ0n) is 11.9. The van der Waals surface area contributed by atoms with Crippen molar-refractivity contribution in [3.8, 4) is 0 Å². The number of carbonyl (C=O) groups excluding carboxylic acids is 1. The molecule has 5 nitrogen and oxygen atoms in total. The summed E-state index contributed by atoms with van der Waals surface area (Å²) in [5.41, 5.74) is 2.49. The Hall–Kier alpha value is -1.59. The molecule has 0 saturated heterocycles. The van der Waals surface area contributed by atoms with Gasteiger partial charge in [-0.3, -0.25) is 4.79 Å². The number of rotatable bonds is 7. The number of amides is 1. The van der Waals surface area contributed by atoms with Gasteiger partial charge < -0.3 is 20.1 Å². The van der Waals surface area contributed by atoms with Crippen molar-refractivity contribution >= 4 is 11.6 Å². The minimum atomic E-state index is -0.142. The van der Waals surface area contributed by atoms with Crippen LogP contribution in [0.2, 0.25) is 0 Å². The fourth-order valence-electron chi connectivity index (χ4n) is 1.76. The van der Waals surface area contributed by atoms with Crippen LogP contribution in [0.15, 0.2) is 18.2 Å². The molecule has 5 heteroatoms. The molecular weight excluding hydrogens is 244 g/mol. The summed E-state index contributed by atoms with van der Waals surface area (Å²) in [5, 5.41) is 5.87. The minimum Gasteiger partial charge on any atom is -0.387 e. The number of nitrogens with one attached hydrogen (secondary N) is 2. The van der Waals surface area contributed by atoms with E-state index >= 15 is 0 Å². The SMILES string of the molecule is CNc1ccc(C)cc1C(=O)NCC(COC)OC. The Morgan fingerprint density at radius 3 is 2.68 bits per heavy atom. The molecule has 106 valence electrons. The van der Waals surface area contributed by atoms with Gasteiger partial charge in [0.25, 0.3) is 5.91 Å². The van der Waals surface area contributed by atoms with Crippen LogP contribution in [0.3, 0.4) is 0 Å². The highest BCUT2D eigenvalue weighted by molar-refractivity contribution is 5.99. The van der Waals surface area contributed by atoms with E-state index in [0.717, 1.165) is 11.3 Å². The van der Waals surface area contributed by atoms with Crippen molar-refractivity contribution in [3.05, 3.63) is 29.3 Å². The van der Waals surface area contributed by atoms with Crippen molar-refractivity contribution in [1.29, 1.82) is 0 Å². The second kappa shape index (κ2) is 7.76. The molecule has 0 aliphatic rings. The number of carbonyl (C=O) groups is 1. The molecule has 0 saturated carbocycles. The van der Waals surface area contributed by atoms with Gasteiger partial charge in [-0.15, -0.1) is 0 Å². The maximum Gasteiger partial charge on any atom is 0.253 e. The number of methoxy groups -OCH3 is 2. The number of hydrogen-bond donors (Lipinski definition) is 2. The van der Waals surface area contributed by atoms with E-state index in [-0.39, 0.29) is 12.0 Å². The molecule has 0 aliphatic heterocycles. The standard InChI is InChI=1S/C14H22N2O3/c1-10-5-6-13(15-2)12(7-10)14(17)16-8-11(19-4)9-18-3/h5-7,11,15H,8-9H2,1-4H3,(H,16,17). The molecular formula is C14H22N2O3. The predicted octanol–water partition coefficient (Wildman–Crippen LogP) is 1.43. The second-order valence-electron chi connectivity index (χ2n) is 4.32. The lowest BCUT2D eigenvalue weighted by Crippen LogP contribution is -2.35. The van der Waals surface area contributed by atoms with Gasteiger partial charge in [-0.1, -0.05) is 11.6 Å².